The van der Waals surface area contributed by atoms with E-state index < -0.39 is 57.0 Å². The van der Waals surface area contributed by atoms with Crippen molar-refractivity contribution >= 4 is 59.4 Å². The fraction of sp³-hybridized carbons (Fsp3) is 0.732. The summed E-state index contributed by atoms with van der Waals surface area (Å²) >= 11 is 4.35. The van der Waals surface area contributed by atoms with Crippen LogP contribution in [-0.4, -0.2) is 125 Å². The van der Waals surface area contributed by atoms with E-state index in [4.69, 9.17) is 18.8 Å². The van der Waals surface area contributed by atoms with Gasteiger partial charge in [-0.25, -0.2) is 0 Å². The Bertz CT molecular complexity index is 2150. The molecule has 2 heterocycles. The van der Waals surface area contributed by atoms with Crippen LogP contribution in [0.15, 0.2) is 49.1 Å². The van der Waals surface area contributed by atoms with Crippen molar-refractivity contribution in [2.75, 3.05) is 19.8 Å². The minimum absolute atomic E-state index is 0.0460. The lowest BCUT2D eigenvalue weighted by molar-refractivity contribution is -0.194. The maximum absolute atomic E-state index is 13.7. The van der Waals surface area contributed by atoms with Gasteiger partial charge >= 0.3 is 0 Å². The van der Waals surface area contributed by atoms with Gasteiger partial charge < -0.3 is 40.0 Å². The van der Waals surface area contributed by atoms with Crippen LogP contribution in [0.5, 0.6) is 11.5 Å². The molecule has 6 aliphatic rings. The van der Waals surface area contributed by atoms with Crippen LogP contribution >= 0.6 is 45.2 Å². The molecule has 16 atom stereocenters. The Labute approximate surface area is 465 Å². The summed E-state index contributed by atoms with van der Waals surface area (Å²) in [5.74, 6) is 2.66. The van der Waals surface area contributed by atoms with Crippen LogP contribution in [-0.2, 0) is 32.0 Å². The number of phenols is 1. The number of rotatable bonds is 19. The van der Waals surface area contributed by atoms with E-state index in [1.54, 1.807) is 30.0 Å². The Morgan fingerprint density at radius 1 is 0.932 bits per heavy atom. The Hall–Kier alpha value is -1.47. The molecule has 2 aliphatic heterocycles. The molecule has 3 unspecified atom stereocenters. The van der Waals surface area contributed by atoms with Crippen molar-refractivity contribution < 1.29 is 49.2 Å². The smallest absolute Gasteiger partial charge is 0.240 e. The lowest BCUT2D eigenvalue weighted by atomic mass is 9.44. The Kier molecular flexibility index (Phi) is 21.3. The average Bonchev–Trinajstić information content (AvgIpc) is 3.89. The molecule has 2 bridgehead atoms. The van der Waals surface area contributed by atoms with Crippen LogP contribution < -0.4 is 15.4 Å². The summed E-state index contributed by atoms with van der Waals surface area (Å²) in [6.07, 6.45) is 4.87. The monoisotopic (exact) mass is 1260 g/mol. The number of aliphatic hydroxyl groups excluding tert-OH is 4. The van der Waals surface area contributed by atoms with Crippen molar-refractivity contribution in [3.05, 3.63) is 67.3 Å². The zero-order valence-electron chi connectivity index (χ0n) is 45.7. The molecule has 6 fully saturated rings. The lowest BCUT2D eigenvalue weighted by Gasteiger charge is -2.62. The Morgan fingerprint density at radius 3 is 2.15 bits per heavy atom. The Balaban J connectivity index is 0.000000241. The summed E-state index contributed by atoms with van der Waals surface area (Å²) in [4.78, 5) is 26.3. The third-order valence-corrected chi connectivity index (χ3v) is 24.4. The van der Waals surface area contributed by atoms with Crippen LogP contribution in [0.2, 0.25) is 18.1 Å². The summed E-state index contributed by atoms with van der Waals surface area (Å²) in [6, 6.07) is 10.6. The van der Waals surface area contributed by atoms with Crippen LogP contribution in [0.25, 0.3) is 0 Å². The molecule has 14 nitrogen and oxygen atoms in total. The Morgan fingerprint density at radius 2 is 1.56 bits per heavy atom. The van der Waals surface area contributed by atoms with Crippen molar-refractivity contribution in [1.82, 2.24) is 20.8 Å². The molecule has 1 amide bonds. The van der Waals surface area contributed by atoms with Gasteiger partial charge in [0.25, 0.3) is 0 Å². The number of nitrogens with one attached hydrogen (secondary N) is 2. The van der Waals surface area contributed by atoms with Gasteiger partial charge in [-0.05, 0) is 150 Å². The summed E-state index contributed by atoms with van der Waals surface area (Å²) in [5, 5.41) is 64.4. The van der Waals surface area contributed by atoms with E-state index >= 15 is 0 Å². The van der Waals surface area contributed by atoms with Crippen molar-refractivity contribution in [2.45, 2.75) is 194 Å². The third-order valence-electron chi connectivity index (χ3n) is 18.2. The molecule has 2 aromatic carbocycles. The second-order valence-corrected chi connectivity index (χ2v) is 31.3. The number of para-hydroxylation sites is 2. The summed E-state index contributed by atoms with van der Waals surface area (Å²) in [6.45, 7) is 30.7. The number of fused-ring (bicyclic) bond motifs is 2. The van der Waals surface area contributed by atoms with Gasteiger partial charge in [0.2, 0.25) is 5.91 Å². The van der Waals surface area contributed by atoms with Gasteiger partial charge in [-0.3, -0.25) is 19.8 Å². The minimum Gasteiger partial charge on any atom is -0.507 e. The van der Waals surface area contributed by atoms with E-state index in [1.807, 2.05) is 36.4 Å². The van der Waals surface area contributed by atoms with E-state index in [1.165, 1.54) is 12.8 Å². The average molecular weight is 1260 g/mol. The minimum atomic E-state index is -2.06. The number of halogens is 2. The van der Waals surface area contributed by atoms with E-state index in [9.17, 15) is 30.3 Å². The standard InChI is InChI=1S/C30H51IN2O5Si.C26H39IN2O5/c1-17-21-13-20(30(21,6)7)14-23(17)32-28(36)26-25(18(2)34)24(16-37-39(8,9)29(3,4)5)38-33(26)15-19-11-10-12-22(31)27(19)35;1-5-12-33-25-19(8-7-9-20(25)27)14-29-24(23(17(4)31)22(15-30)34-29)26(32)28-21-13-18(6-2)11-10-16(21)3/h10-12,17-18,20-21,23-26,28,32,34-36H,13-16H2,1-9H3;5,7-9,16-18,21-24,30-31H,1,6,10-15H2,2-4H3,(H,28,32)/t17-,18-,20?,21-,23-,24-,25+,26-,28?;16-,17-,18?,21-,22-,23+,24-/m00/s1. The zero-order valence-corrected chi connectivity index (χ0v) is 51.0. The van der Waals surface area contributed by atoms with E-state index in [-0.39, 0.29) is 41.3 Å². The molecule has 4 saturated carbocycles. The van der Waals surface area contributed by atoms with Gasteiger partial charge in [0.05, 0.1) is 51.7 Å². The number of hydroxylamine groups is 4. The molecule has 412 valence electrons. The maximum Gasteiger partial charge on any atom is 0.240 e. The first-order valence-electron chi connectivity index (χ1n) is 27.0. The number of aromatic hydroxyl groups is 1. The molecular formula is C56H90I2N4O10Si. The van der Waals surface area contributed by atoms with Crippen molar-refractivity contribution in [1.29, 1.82) is 0 Å². The van der Waals surface area contributed by atoms with Crippen LogP contribution in [0.4, 0.5) is 0 Å². The number of amides is 1. The predicted octanol–water partition coefficient (Wildman–Crippen LogP) is 9.14. The third kappa shape index (κ3) is 13.9. The predicted molar refractivity (Wildman–Crippen MR) is 305 cm³/mol. The maximum atomic E-state index is 13.7. The number of ether oxygens (including phenoxy) is 1. The second-order valence-electron chi connectivity index (χ2n) is 24.2. The number of carbonyl (C=O) groups excluding carboxylic acids is 1. The van der Waals surface area contributed by atoms with Crippen molar-refractivity contribution in [2.24, 2.45) is 46.8 Å². The second kappa shape index (κ2) is 25.5. The summed E-state index contributed by atoms with van der Waals surface area (Å²) in [5.41, 5.74) is 1.96. The molecule has 0 radical (unpaired) electrons. The highest BCUT2D eigenvalue weighted by Gasteiger charge is 2.58. The molecular weight excluding hydrogens is 1170 g/mol. The van der Waals surface area contributed by atoms with Gasteiger partial charge in [0.15, 0.2) is 8.32 Å². The number of benzene rings is 2. The molecule has 8 rings (SSSR count). The zero-order chi connectivity index (χ0) is 53.9. The number of phenolic OH excluding ortho intramolecular Hbond substituents is 1. The molecule has 7 N–H and O–H groups in total. The van der Waals surface area contributed by atoms with Crippen LogP contribution in [0.3, 0.4) is 0 Å². The van der Waals surface area contributed by atoms with Gasteiger partial charge in [0.1, 0.15) is 42.6 Å². The number of hydrogen-bond donors (Lipinski definition) is 7. The molecule has 0 spiro atoms. The van der Waals surface area contributed by atoms with E-state index in [0.29, 0.717) is 61.3 Å². The van der Waals surface area contributed by atoms with Crippen LogP contribution in [0.1, 0.15) is 119 Å². The number of carbonyl (C=O) groups is 1. The first kappa shape index (κ1) is 60.8. The van der Waals surface area contributed by atoms with Gasteiger partial charge in [-0.15, -0.1) is 0 Å². The van der Waals surface area contributed by atoms with Crippen LogP contribution in [0, 0.1) is 54.0 Å². The van der Waals surface area contributed by atoms with Crippen molar-refractivity contribution in [3.8, 4) is 11.5 Å². The topological polar surface area (TPSA) is 186 Å². The molecule has 73 heavy (non-hydrogen) atoms. The number of hydrogen-bond acceptors (Lipinski definition) is 13. The first-order chi connectivity index (χ1) is 34.3. The molecule has 4 aliphatic carbocycles. The molecule has 0 aromatic heterocycles. The van der Waals surface area contributed by atoms with Gasteiger partial charge in [0, 0.05) is 35.0 Å². The molecule has 2 aromatic rings. The molecule has 2 saturated heterocycles. The number of nitrogens with zero attached hydrogens (tertiary/aromatic N) is 2. The lowest BCUT2D eigenvalue weighted by Crippen LogP contribution is -2.63. The quantitative estimate of drug-likeness (QED) is 0.0306. The highest BCUT2D eigenvalue weighted by Crippen LogP contribution is 2.61. The fourth-order valence-corrected chi connectivity index (χ4v) is 14.6. The summed E-state index contributed by atoms with van der Waals surface area (Å²) < 4.78 is 14.2. The normalized spacial score (nSPS) is 32.7. The largest absolute Gasteiger partial charge is 0.507 e. The first-order valence-corrected chi connectivity index (χ1v) is 32.0. The number of aliphatic hydroxyl groups is 4. The molecule has 17 heteroatoms. The highest BCUT2D eigenvalue weighted by molar-refractivity contribution is 14.1. The van der Waals surface area contributed by atoms with E-state index in [0.717, 1.165) is 49.7 Å². The highest BCUT2D eigenvalue weighted by atomic mass is 127. The van der Waals surface area contributed by atoms with E-state index in [2.05, 4.69) is 131 Å². The van der Waals surface area contributed by atoms with Crippen molar-refractivity contribution in [3.63, 3.8) is 0 Å². The van der Waals surface area contributed by atoms with Gasteiger partial charge in [-0.2, -0.15) is 10.1 Å². The van der Waals surface area contributed by atoms with Gasteiger partial charge in [-0.1, -0.05) is 105 Å². The fourth-order valence-electron chi connectivity index (χ4n) is 12.3. The SMILES string of the molecule is C=CCOc1c(I)cccc1CN1O[C@@H](CO)[C@@H]([C@H](C)O)[C@H]1C(=O)N[C@H]1CC(CC)CC[C@@H]1C.C[C@@H]1[C@@H](NC(O)[C@@H]2[C@H]([C@H](C)O)[C@H](CO[Si](C)(C)C(C)(C)C)ON2Cc2cccc(I)c2O)CC2C[C@@H]1C2(C)C. The summed E-state index contributed by atoms with van der Waals surface area (Å²) in [7, 11) is -2.06.